The molecular weight excluding hydrogens is 376 g/mol. The highest BCUT2D eigenvalue weighted by molar-refractivity contribution is 5.85. The van der Waals surface area contributed by atoms with Gasteiger partial charge in [-0.1, -0.05) is 0 Å². The quantitative estimate of drug-likeness (QED) is 0.327. The first-order valence-electron chi connectivity index (χ1n) is 7.35. The largest absolute Gasteiger partial charge is 0.502 e. The van der Waals surface area contributed by atoms with Crippen molar-refractivity contribution in [3.8, 4) is 11.5 Å². The van der Waals surface area contributed by atoms with Crippen molar-refractivity contribution >= 4 is 29.8 Å². The van der Waals surface area contributed by atoms with Gasteiger partial charge in [0.25, 0.3) is 0 Å². The fourth-order valence-electron chi connectivity index (χ4n) is 1.89. The van der Waals surface area contributed by atoms with Crippen LogP contribution in [-0.4, -0.2) is 38.5 Å². The number of carbonyl (C=O) groups excluding carboxylic acids is 1. The molecule has 4 N–H and O–H groups in total. The zero-order valence-electron chi connectivity index (χ0n) is 13.8. The molecule has 2 amide bonds. The van der Waals surface area contributed by atoms with Gasteiger partial charge in [0.1, 0.15) is 0 Å². The minimum Gasteiger partial charge on any atom is -0.502 e. The number of nitro benzene ring substituents is 2. The lowest BCUT2D eigenvalue weighted by atomic mass is 10.2. The smallest absolute Gasteiger partial charge is 0.355 e. The van der Waals surface area contributed by atoms with Gasteiger partial charge in [0.2, 0.25) is 0 Å². The maximum Gasteiger partial charge on any atom is 0.355 e. The first-order chi connectivity index (χ1) is 13.3. The van der Waals surface area contributed by atoms with Crippen LogP contribution in [0, 0.1) is 20.2 Å². The van der Waals surface area contributed by atoms with E-state index in [0.717, 1.165) is 36.7 Å². The van der Waals surface area contributed by atoms with E-state index in [0.29, 0.717) is 0 Å². The SMILES string of the molecule is O=C(N/N=C\c1ccc(O)c([N+](=O)[O-])c1)N/N=C/c1ccc(O)c([N+](=O)[O-])c1. The second-order valence-electron chi connectivity index (χ2n) is 5.08. The maximum atomic E-state index is 11.5. The van der Waals surface area contributed by atoms with Gasteiger partial charge in [-0.2, -0.15) is 10.2 Å². The minimum atomic E-state index is -0.853. The molecule has 2 aromatic carbocycles. The van der Waals surface area contributed by atoms with Crippen LogP contribution in [0.5, 0.6) is 11.5 Å². The lowest BCUT2D eigenvalue weighted by molar-refractivity contribution is -0.386. The lowest BCUT2D eigenvalue weighted by Gasteiger charge is -2.00. The highest BCUT2D eigenvalue weighted by Gasteiger charge is 2.13. The van der Waals surface area contributed by atoms with Crippen LogP contribution >= 0.6 is 0 Å². The van der Waals surface area contributed by atoms with Gasteiger partial charge >= 0.3 is 17.4 Å². The third-order valence-electron chi connectivity index (χ3n) is 3.15. The molecule has 0 spiro atoms. The van der Waals surface area contributed by atoms with E-state index in [1.165, 1.54) is 12.1 Å². The van der Waals surface area contributed by atoms with Gasteiger partial charge < -0.3 is 10.2 Å². The Balaban J connectivity index is 1.93. The molecule has 0 radical (unpaired) electrons. The summed E-state index contributed by atoms with van der Waals surface area (Å²) >= 11 is 0. The Morgan fingerprint density at radius 3 is 1.61 bits per heavy atom. The summed E-state index contributed by atoms with van der Waals surface area (Å²) in [5.74, 6) is -1.01. The Morgan fingerprint density at radius 2 is 1.25 bits per heavy atom. The molecule has 0 aliphatic heterocycles. The van der Waals surface area contributed by atoms with Gasteiger partial charge in [-0.3, -0.25) is 20.2 Å². The fourth-order valence-corrected chi connectivity index (χ4v) is 1.89. The van der Waals surface area contributed by atoms with Crippen molar-refractivity contribution in [2.24, 2.45) is 10.2 Å². The Hall–Kier alpha value is -4.55. The third kappa shape index (κ3) is 5.22. The summed E-state index contributed by atoms with van der Waals surface area (Å²) < 4.78 is 0. The molecular formula is C15H12N6O7. The number of phenols is 2. The Morgan fingerprint density at radius 1 is 0.857 bits per heavy atom. The second-order valence-corrected chi connectivity index (χ2v) is 5.08. The summed E-state index contributed by atoms with van der Waals surface area (Å²) in [4.78, 5) is 31.4. The van der Waals surface area contributed by atoms with Crippen LogP contribution in [0.25, 0.3) is 0 Å². The Bertz CT molecular complexity index is 911. The van der Waals surface area contributed by atoms with E-state index in [9.17, 15) is 35.2 Å². The molecule has 0 heterocycles. The topological polar surface area (TPSA) is 193 Å². The molecule has 0 fully saturated rings. The first-order valence-corrected chi connectivity index (χ1v) is 7.35. The predicted octanol–water partition coefficient (Wildman–Crippen LogP) is 1.58. The summed E-state index contributed by atoms with van der Waals surface area (Å²) in [6.45, 7) is 0. The summed E-state index contributed by atoms with van der Waals surface area (Å²) in [7, 11) is 0. The van der Waals surface area contributed by atoms with E-state index in [2.05, 4.69) is 10.2 Å². The maximum absolute atomic E-state index is 11.5. The normalized spacial score (nSPS) is 10.9. The van der Waals surface area contributed by atoms with E-state index < -0.39 is 38.8 Å². The monoisotopic (exact) mass is 388 g/mol. The second kappa shape index (κ2) is 8.70. The number of carbonyl (C=O) groups is 1. The van der Waals surface area contributed by atoms with Gasteiger partial charge in [-0.05, 0) is 24.3 Å². The van der Waals surface area contributed by atoms with Gasteiger partial charge in [0, 0.05) is 23.3 Å². The van der Waals surface area contributed by atoms with Crippen molar-refractivity contribution in [2.75, 3.05) is 0 Å². The molecule has 2 aromatic rings. The number of urea groups is 1. The molecule has 0 aliphatic rings. The Kier molecular flexibility index (Phi) is 6.15. The fraction of sp³-hybridized carbons (Fsp3) is 0. The molecule has 13 nitrogen and oxygen atoms in total. The van der Waals surface area contributed by atoms with E-state index in [1.54, 1.807) is 0 Å². The number of amides is 2. The van der Waals surface area contributed by atoms with Crippen LogP contribution in [0.2, 0.25) is 0 Å². The number of hydrogen-bond acceptors (Lipinski definition) is 9. The zero-order valence-corrected chi connectivity index (χ0v) is 13.8. The zero-order chi connectivity index (χ0) is 20.7. The van der Waals surface area contributed by atoms with Crippen molar-refractivity contribution in [3.05, 3.63) is 67.8 Å². The van der Waals surface area contributed by atoms with Gasteiger partial charge in [0.15, 0.2) is 11.5 Å². The molecule has 0 unspecified atom stereocenters. The summed E-state index contributed by atoms with van der Waals surface area (Å²) in [5.41, 5.74) is 3.57. The van der Waals surface area contributed by atoms with Crippen molar-refractivity contribution in [3.63, 3.8) is 0 Å². The van der Waals surface area contributed by atoms with E-state index in [1.807, 2.05) is 10.9 Å². The minimum absolute atomic E-state index is 0.254. The molecule has 0 bridgehead atoms. The number of rotatable bonds is 6. The predicted molar refractivity (Wildman–Crippen MR) is 96.4 cm³/mol. The van der Waals surface area contributed by atoms with E-state index >= 15 is 0 Å². The van der Waals surface area contributed by atoms with Crippen LogP contribution < -0.4 is 10.9 Å². The molecule has 0 aliphatic carbocycles. The van der Waals surface area contributed by atoms with Crippen LogP contribution in [0.4, 0.5) is 16.2 Å². The average molecular weight is 388 g/mol. The number of hydrazone groups is 2. The van der Waals surface area contributed by atoms with Gasteiger partial charge in [-0.25, -0.2) is 15.6 Å². The van der Waals surface area contributed by atoms with Crippen molar-refractivity contribution in [1.82, 2.24) is 10.9 Å². The van der Waals surface area contributed by atoms with Gasteiger partial charge in [-0.15, -0.1) is 0 Å². The molecule has 2 rings (SSSR count). The molecule has 0 saturated heterocycles. The van der Waals surface area contributed by atoms with Crippen LogP contribution in [0.3, 0.4) is 0 Å². The summed E-state index contributed by atoms with van der Waals surface area (Å²) in [6.07, 6.45) is 2.22. The first kappa shape index (κ1) is 19.8. The molecule has 13 heteroatoms. The van der Waals surface area contributed by atoms with Gasteiger partial charge in [0.05, 0.1) is 22.3 Å². The number of nitrogens with zero attached hydrogens (tertiary/aromatic N) is 4. The number of benzene rings is 2. The standard InChI is InChI=1S/C15H12N6O7/c22-13-3-1-9(5-11(13)20(25)26)7-16-18-15(24)19-17-8-10-2-4-14(23)12(6-10)21(27)28/h1-8,22-23H,(H2,18,19,24)/b16-7-,17-8+. The highest BCUT2D eigenvalue weighted by atomic mass is 16.6. The molecule has 28 heavy (non-hydrogen) atoms. The van der Waals surface area contributed by atoms with Crippen LogP contribution in [0.15, 0.2) is 46.6 Å². The van der Waals surface area contributed by atoms with E-state index in [4.69, 9.17) is 0 Å². The van der Waals surface area contributed by atoms with Crippen molar-refractivity contribution in [2.45, 2.75) is 0 Å². The molecule has 144 valence electrons. The van der Waals surface area contributed by atoms with E-state index in [-0.39, 0.29) is 11.1 Å². The van der Waals surface area contributed by atoms with Crippen molar-refractivity contribution < 1.29 is 24.9 Å². The number of nitrogens with one attached hydrogen (secondary N) is 2. The molecule has 0 atom stereocenters. The molecule has 0 aromatic heterocycles. The Labute approximate surface area is 155 Å². The summed E-state index contributed by atoms with van der Waals surface area (Å²) in [5, 5.41) is 47.2. The third-order valence-corrected chi connectivity index (χ3v) is 3.15. The number of phenolic OH excluding ortho intramolecular Hbond substituents is 2. The molecule has 0 saturated carbocycles. The lowest BCUT2D eigenvalue weighted by Crippen LogP contribution is -2.28. The van der Waals surface area contributed by atoms with Crippen LogP contribution in [-0.2, 0) is 0 Å². The summed E-state index contributed by atoms with van der Waals surface area (Å²) in [6, 6.07) is 6.20. The number of hydrogen-bond donors (Lipinski definition) is 4. The number of aromatic hydroxyl groups is 2. The average Bonchev–Trinajstić information content (AvgIpc) is 2.64. The van der Waals surface area contributed by atoms with Crippen LogP contribution in [0.1, 0.15) is 11.1 Å². The highest BCUT2D eigenvalue weighted by Crippen LogP contribution is 2.26. The number of nitro groups is 2. The van der Waals surface area contributed by atoms with Crippen molar-refractivity contribution in [1.29, 1.82) is 0 Å².